The second kappa shape index (κ2) is 43.5. The summed E-state index contributed by atoms with van der Waals surface area (Å²) in [5.41, 5.74) is 28.3. The zero-order valence-corrected chi connectivity index (χ0v) is 62.1. The Morgan fingerprint density at radius 1 is 0.660 bits per heavy atom. The Bertz CT molecular complexity index is 3300. The average molecular weight is 1510 g/mol. The lowest BCUT2D eigenvalue weighted by Gasteiger charge is -2.36. The number of nitrogens with one attached hydrogen (secondary N) is 9. The summed E-state index contributed by atoms with van der Waals surface area (Å²) in [6.07, 6.45) is -8.90. The molecule has 106 heavy (non-hydrogen) atoms. The first kappa shape index (κ1) is 92.1. The van der Waals surface area contributed by atoms with E-state index in [0.717, 1.165) is 58.3 Å². The molecule has 0 aliphatic carbocycles. The van der Waals surface area contributed by atoms with Gasteiger partial charge in [-0.05, 0) is 81.4 Å². The third kappa shape index (κ3) is 28.8. The molecule has 1 aliphatic heterocycles. The SMILES string of the molecule is COCC1NC(=O)C(NC(=O)C(NC(=O)C(NC(=O)C(NC(=O)C(NC(=O)CC(O)C=CC(C)CC(C)C)C(O)C(N)=O)C(O)CC(N)=O)C(C)N)C(C)C(C)C(N)=O)C(C)OC(=O)C(C)N(C)C(=O)C(C(OC)c2ccc(O)cc2)NC(=O)C(CCC(N)=O)N(C)C(=O)C(CC(C)C)NC(=O)CNC1=O. The normalized spacial score (nSPS) is 22.6. The maximum absolute atomic E-state index is 15.1. The number of carbonyl (C=O) groups is 16. The highest BCUT2D eigenvalue weighted by Crippen LogP contribution is 2.27. The summed E-state index contributed by atoms with van der Waals surface area (Å²) in [4.78, 5) is 224. The van der Waals surface area contributed by atoms with Gasteiger partial charge in [-0.2, -0.15) is 0 Å². The summed E-state index contributed by atoms with van der Waals surface area (Å²) in [5, 5.41) is 63.4. The van der Waals surface area contributed by atoms with Crippen molar-refractivity contribution in [1.29, 1.82) is 0 Å². The Morgan fingerprint density at radius 2 is 1.24 bits per heavy atom. The van der Waals surface area contributed by atoms with E-state index in [-0.39, 0.29) is 35.5 Å². The number of phenolic OH excluding ortho intramolecular Hbond substituents is 1. The molecule has 0 bridgehead atoms. The molecule has 19 unspecified atom stereocenters. The molecule has 1 saturated heterocycles. The Morgan fingerprint density at radius 3 is 1.76 bits per heavy atom. The van der Waals surface area contributed by atoms with Crippen molar-refractivity contribution in [1.82, 2.24) is 57.7 Å². The monoisotopic (exact) mass is 1500 g/mol. The summed E-state index contributed by atoms with van der Waals surface area (Å²) in [6, 6.07) is -15.9. The van der Waals surface area contributed by atoms with Crippen molar-refractivity contribution in [3.05, 3.63) is 42.0 Å². The Labute approximate surface area is 613 Å². The summed E-state index contributed by atoms with van der Waals surface area (Å²) >= 11 is 0. The maximum Gasteiger partial charge on any atom is 0.328 e. The number of phenols is 1. The molecule has 594 valence electrons. The van der Waals surface area contributed by atoms with Gasteiger partial charge in [-0.15, -0.1) is 0 Å². The second-order valence-electron chi connectivity index (χ2n) is 27.2. The van der Waals surface area contributed by atoms with Gasteiger partial charge in [0.15, 0.2) is 6.10 Å². The fraction of sp³-hybridized carbons (Fsp3) is 0.642. The molecule has 1 aliphatic rings. The molecular formula is C67H108N16O23. The van der Waals surface area contributed by atoms with E-state index in [1.54, 1.807) is 19.9 Å². The summed E-state index contributed by atoms with van der Waals surface area (Å²) in [7, 11) is 4.57. The molecule has 0 radical (unpaired) electrons. The molecule has 0 saturated carbocycles. The minimum Gasteiger partial charge on any atom is -0.508 e. The van der Waals surface area contributed by atoms with Crippen LogP contribution in [0.3, 0.4) is 0 Å². The summed E-state index contributed by atoms with van der Waals surface area (Å²) in [6.45, 7) is 13.5. The number of aliphatic hydroxyl groups excluding tert-OH is 3. The van der Waals surface area contributed by atoms with Crippen LogP contribution in [-0.4, -0.2) is 257 Å². The predicted octanol–water partition coefficient (Wildman–Crippen LogP) is -7.17. The van der Waals surface area contributed by atoms with Gasteiger partial charge >= 0.3 is 5.97 Å². The predicted molar refractivity (Wildman–Crippen MR) is 375 cm³/mol. The molecule has 1 aromatic carbocycles. The smallest absolute Gasteiger partial charge is 0.328 e. The van der Waals surface area contributed by atoms with Crippen LogP contribution < -0.4 is 76.5 Å². The molecule has 0 spiro atoms. The first-order valence-corrected chi connectivity index (χ1v) is 34.2. The van der Waals surface area contributed by atoms with E-state index in [2.05, 4.69) is 37.2 Å². The van der Waals surface area contributed by atoms with Crippen molar-refractivity contribution in [3.63, 3.8) is 0 Å². The number of likely N-dealkylation sites (N-methyl/N-ethyl adjacent to an activating group) is 2. The number of methoxy groups -OCH3 is 2. The van der Waals surface area contributed by atoms with E-state index in [0.29, 0.717) is 0 Å². The Kier molecular flexibility index (Phi) is 37.8. The van der Waals surface area contributed by atoms with E-state index in [1.165, 1.54) is 51.2 Å². The van der Waals surface area contributed by atoms with Gasteiger partial charge in [-0.3, -0.25) is 71.9 Å². The van der Waals surface area contributed by atoms with Crippen molar-refractivity contribution in [2.75, 3.05) is 41.5 Å². The summed E-state index contributed by atoms with van der Waals surface area (Å²) < 4.78 is 16.8. The maximum atomic E-state index is 15.1. The van der Waals surface area contributed by atoms with E-state index in [4.69, 9.17) is 42.9 Å². The number of nitrogens with zero attached hydrogens (tertiary/aromatic N) is 2. The number of rotatable bonds is 34. The van der Waals surface area contributed by atoms with Crippen molar-refractivity contribution < 1.29 is 111 Å². The quantitative estimate of drug-likeness (QED) is 0.0225. The molecule has 1 heterocycles. The van der Waals surface area contributed by atoms with Crippen LogP contribution >= 0.6 is 0 Å². The van der Waals surface area contributed by atoms with Crippen LogP contribution in [0, 0.1) is 29.6 Å². The van der Waals surface area contributed by atoms with Gasteiger partial charge in [0.2, 0.25) is 88.6 Å². The molecule has 1 fully saturated rings. The number of hydrogen-bond acceptors (Lipinski definition) is 24. The lowest BCUT2D eigenvalue weighted by molar-refractivity contribution is -0.161. The molecule has 39 heteroatoms. The minimum atomic E-state index is -2.55. The van der Waals surface area contributed by atoms with E-state index in [9.17, 15) is 87.5 Å². The number of nitrogens with two attached hydrogens (primary N) is 5. The molecule has 2 rings (SSSR count). The first-order chi connectivity index (χ1) is 49.3. The van der Waals surface area contributed by atoms with Crippen LogP contribution in [0.2, 0.25) is 0 Å². The van der Waals surface area contributed by atoms with Crippen LogP contribution in [0.15, 0.2) is 36.4 Å². The second-order valence-corrected chi connectivity index (χ2v) is 27.2. The van der Waals surface area contributed by atoms with Crippen LogP contribution in [0.5, 0.6) is 5.75 Å². The van der Waals surface area contributed by atoms with E-state index in [1.807, 2.05) is 31.4 Å². The van der Waals surface area contributed by atoms with Crippen molar-refractivity contribution in [3.8, 4) is 5.75 Å². The van der Waals surface area contributed by atoms with Gasteiger partial charge in [0.05, 0.1) is 38.2 Å². The molecule has 15 amide bonds. The van der Waals surface area contributed by atoms with Crippen LogP contribution in [0.4, 0.5) is 0 Å². The van der Waals surface area contributed by atoms with Gasteiger partial charge in [0.1, 0.15) is 78.4 Å². The largest absolute Gasteiger partial charge is 0.508 e. The van der Waals surface area contributed by atoms with E-state index < -0.39 is 242 Å². The van der Waals surface area contributed by atoms with Crippen LogP contribution in [0.25, 0.3) is 0 Å². The third-order valence-electron chi connectivity index (χ3n) is 17.4. The number of esters is 1. The Balaban J connectivity index is 2.91. The molecule has 1 aromatic rings. The molecule has 0 aromatic heterocycles. The third-order valence-corrected chi connectivity index (χ3v) is 17.4. The fourth-order valence-corrected chi connectivity index (χ4v) is 11.1. The lowest BCUT2D eigenvalue weighted by Crippen LogP contribution is -2.66. The zero-order valence-electron chi connectivity index (χ0n) is 62.1. The number of ether oxygens (including phenoxy) is 3. The number of hydrogen-bond donors (Lipinski definition) is 18. The molecule has 19 atom stereocenters. The van der Waals surface area contributed by atoms with Gasteiger partial charge in [0.25, 0.3) is 0 Å². The Hall–Kier alpha value is -9.96. The van der Waals surface area contributed by atoms with Crippen molar-refractivity contribution >= 4 is 94.6 Å². The number of aliphatic hydroxyl groups is 3. The number of benzene rings is 1. The van der Waals surface area contributed by atoms with Crippen molar-refractivity contribution in [2.45, 2.75) is 205 Å². The van der Waals surface area contributed by atoms with Crippen LogP contribution in [-0.2, 0) is 90.9 Å². The highest BCUT2D eigenvalue weighted by atomic mass is 16.5. The van der Waals surface area contributed by atoms with Gasteiger partial charge in [-0.1, -0.05) is 72.8 Å². The highest BCUT2D eigenvalue weighted by molar-refractivity contribution is 6.01. The molecule has 39 nitrogen and oxygen atoms in total. The number of carbonyl (C=O) groups excluding carboxylic acids is 16. The molecular weight excluding hydrogens is 1400 g/mol. The number of cyclic esters (lactones) is 1. The first-order valence-electron chi connectivity index (χ1n) is 34.2. The minimum absolute atomic E-state index is 0.0315. The standard InChI is InChI=1S/C67H108N16O23/c1-29(2)23-31(5)15-18-39(85)25-46(89)76-52(54(91)57(72)93)64(100)80-51(43(86)26-45(70)88)63(99)78-49(34(8)68)61(97)77-48(32(6)33(7)56(71)92)60(96)79-50-36(10)106-67(103)35(9)82(11)66(102)53(55(105-14)37-16-19-38(84)20-17-37)81-59(95)42(21-22-44(69)87)83(12)65(101)40(24-30(3)4)74-47(90)27-73-58(94)41(28-104-13)75-62(50)98/h15-20,29-36,39-43,48-55,84-86,91H,21-28,68H2,1-14H3,(H2,69,87)(H2,70,88)(H2,71,92)(H2,72,93)(H,73,94)(H,74,90)(H,75,98)(H,76,89)(H,77,97)(H,78,99)(H,79,96)(H,80,100)(H,81,95). The molecule has 23 N–H and O–H groups in total. The zero-order chi connectivity index (χ0) is 81.1. The van der Waals surface area contributed by atoms with Crippen LogP contribution in [0.1, 0.15) is 119 Å². The lowest BCUT2D eigenvalue weighted by atomic mass is 9.87. The van der Waals surface area contributed by atoms with Gasteiger partial charge < -0.3 is 121 Å². The summed E-state index contributed by atoms with van der Waals surface area (Å²) in [5.74, 6) is -22.9. The number of amides is 15. The van der Waals surface area contributed by atoms with Gasteiger partial charge in [0, 0.05) is 46.7 Å². The number of allylic oxidation sites excluding steroid dienone is 1. The van der Waals surface area contributed by atoms with E-state index >= 15 is 9.59 Å². The van der Waals surface area contributed by atoms with Crippen molar-refractivity contribution in [2.24, 2.45) is 58.3 Å². The van der Waals surface area contributed by atoms with Gasteiger partial charge in [-0.25, -0.2) is 4.79 Å². The highest BCUT2D eigenvalue weighted by Gasteiger charge is 2.45. The number of primary amides is 4. The fourth-order valence-electron chi connectivity index (χ4n) is 11.1. The topological polar surface area (TPSA) is 627 Å². The number of aromatic hydroxyl groups is 1. The average Bonchev–Trinajstić information content (AvgIpc) is 0.826.